The van der Waals surface area contributed by atoms with Crippen molar-refractivity contribution in [3.63, 3.8) is 0 Å². The van der Waals surface area contributed by atoms with Crippen LogP contribution in [0.2, 0.25) is 0 Å². The van der Waals surface area contributed by atoms with Gasteiger partial charge in [0.2, 0.25) is 11.7 Å². The Morgan fingerprint density at radius 3 is 3.10 bits per heavy atom. The molecule has 2 saturated heterocycles. The number of ether oxygens (including phenoxy) is 1. The number of aromatic nitrogens is 3. The van der Waals surface area contributed by atoms with Crippen LogP contribution in [0.25, 0.3) is 11.4 Å². The Kier molecular flexibility index (Phi) is 3.09. The molecule has 2 aromatic rings. The molecular formula is C14H18N4O2S. The maximum atomic E-state index is 5.71. The number of aryl methyl sites for hydroxylation is 2. The van der Waals surface area contributed by atoms with Gasteiger partial charge in [0.1, 0.15) is 0 Å². The molecule has 6 nitrogen and oxygen atoms in total. The van der Waals surface area contributed by atoms with Crippen LogP contribution in [0.4, 0.5) is 0 Å². The molecule has 2 fully saturated rings. The molecule has 21 heavy (non-hydrogen) atoms. The molecule has 2 aromatic heterocycles. The molecule has 0 radical (unpaired) electrons. The fraction of sp³-hybridized carbons (Fsp3) is 0.643. The van der Waals surface area contributed by atoms with Gasteiger partial charge in [0, 0.05) is 18.0 Å². The van der Waals surface area contributed by atoms with E-state index in [1.807, 2.05) is 13.8 Å². The van der Waals surface area contributed by atoms with Crippen molar-refractivity contribution >= 4 is 11.5 Å². The highest BCUT2D eigenvalue weighted by molar-refractivity contribution is 7.06. The Bertz CT molecular complexity index is 648. The standard InChI is InChI=1S/C14H18N4O2S/c1-8-11(9(2)21-18-8)12-16-13(20-17-12)14-6-15-5-10(14)3-4-19-7-14/h10,15H,3-7H2,1-2H3/t10-,14+/m1/s1. The average Bonchev–Trinajstić information content (AvgIpc) is 3.17. The molecule has 0 saturated carbocycles. The molecular weight excluding hydrogens is 288 g/mol. The first-order valence-electron chi connectivity index (χ1n) is 7.26. The van der Waals surface area contributed by atoms with Gasteiger partial charge in [0.25, 0.3) is 0 Å². The smallest absolute Gasteiger partial charge is 0.237 e. The zero-order valence-corrected chi connectivity index (χ0v) is 13.0. The SMILES string of the molecule is Cc1nsc(C)c1-c1noc([C@]23CNC[C@H]2CCOC3)n1. The summed E-state index contributed by atoms with van der Waals surface area (Å²) in [4.78, 5) is 5.82. The lowest BCUT2D eigenvalue weighted by atomic mass is 9.75. The van der Waals surface area contributed by atoms with Crippen molar-refractivity contribution in [2.75, 3.05) is 26.3 Å². The molecule has 0 bridgehead atoms. The summed E-state index contributed by atoms with van der Waals surface area (Å²) in [5.74, 6) is 1.87. The summed E-state index contributed by atoms with van der Waals surface area (Å²) in [5.41, 5.74) is 1.81. The average molecular weight is 306 g/mol. The lowest BCUT2D eigenvalue weighted by Crippen LogP contribution is -2.44. The van der Waals surface area contributed by atoms with Crippen LogP contribution in [0.3, 0.4) is 0 Å². The molecule has 0 amide bonds. The molecule has 7 heteroatoms. The van der Waals surface area contributed by atoms with Crippen molar-refractivity contribution in [2.24, 2.45) is 5.92 Å². The predicted molar refractivity (Wildman–Crippen MR) is 78.4 cm³/mol. The van der Waals surface area contributed by atoms with Crippen LogP contribution in [0.5, 0.6) is 0 Å². The Hall–Kier alpha value is -1.31. The van der Waals surface area contributed by atoms with Crippen molar-refractivity contribution in [1.82, 2.24) is 19.8 Å². The number of nitrogens with one attached hydrogen (secondary N) is 1. The predicted octanol–water partition coefficient (Wildman–Crippen LogP) is 1.69. The third kappa shape index (κ3) is 1.95. The van der Waals surface area contributed by atoms with E-state index >= 15 is 0 Å². The zero-order valence-electron chi connectivity index (χ0n) is 12.2. The van der Waals surface area contributed by atoms with Gasteiger partial charge < -0.3 is 14.6 Å². The summed E-state index contributed by atoms with van der Waals surface area (Å²) >= 11 is 1.48. The van der Waals surface area contributed by atoms with E-state index < -0.39 is 0 Å². The quantitative estimate of drug-likeness (QED) is 0.910. The van der Waals surface area contributed by atoms with Crippen LogP contribution in [0, 0.1) is 19.8 Å². The van der Waals surface area contributed by atoms with Crippen LogP contribution in [-0.4, -0.2) is 40.8 Å². The molecule has 4 rings (SSSR count). The number of nitrogens with zero attached hydrogens (tertiary/aromatic N) is 3. The maximum absolute atomic E-state index is 5.71. The Labute approximate surface area is 127 Å². The van der Waals surface area contributed by atoms with Gasteiger partial charge in [-0.15, -0.1) is 0 Å². The molecule has 112 valence electrons. The van der Waals surface area contributed by atoms with Gasteiger partial charge in [-0.25, -0.2) is 0 Å². The summed E-state index contributed by atoms with van der Waals surface area (Å²) in [7, 11) is 0. The van der Waals surface area contributed by atoms with E-state index in [9.17, 15) is 0 Å². The maximum Gasteiger partial charge on any atom is 0.237 e. The minimum Gasteiger partial charge on any atom is -0.380 e. The molecule has 4 heterocycles. The topological polar surface area (TPSA) is 73.1 Å². The van der Waals surface area contributed by atoms with Crippen LogP contribution < -0.4 is 5.32 Å². The van der Waals surface area contributed by atoms with Crippen LogP contribution >= 0.6 is 11.5 Å². The van der Waals surface area contributed by atoms with Gasteiger partial charge in [-0.1, -0.05) is 5.16 Å². The highest BCUT2D eigenvalue weighted by atomic mass is 32.1. The van der Waals surface area contributed by atoms with E-state index in [-0.39, 0.29) is 5.41 Å². The first-order chi connectivity index (χ1) is 10.2. The van der Waals surface area contributed by atoms with Crippen molar-refractivity contribution in [3.05, 3.63) is 16.5 Å². The highest BCUT2D eigenvalue weighted by Gasteiger charge is 2.50. The Balaban J connectivity index is 1.74. The van der Waals surface area contributed by atoms with Crippen molar-refractivity contribution in [1.29, 1.82) is 0 Å². The van der Waals surface area contributed by atoms with Crippen LogP contribution in [-0.2, 0) is 10.2 Å². The number of hydrogen-bond donors (Lipinski definition) is 1. The fourth-order valence-corrected chi connectivity index (χ4v) is 4.17. The fourth-order valence-electron chi connectivity index (χ4n) is 3.48. The van der Waals surface area contributed by atoms with Crippen molar-refractivity contribution < 1.29 is 9.26 Å². The lowest BCUT2D eigenvalue weighted by Gasteiger charge is -2.34. The summed E-state index contributed by atoms with van der Waals surface area (Å²) in [5, 5.41) is 7.66. The van der Waals surface area contributed by atoms with Gasteiger partial charge >= 0.3 is 0 Å². The molecule has 2 aliphatic heterocycles. The molecule has 1 N–H and O–H groups in total. The summed E-state index contributed by atoms with van der Waals surface area (Å²) < 4.78 is 15.7. The normalized spacial score (nSPS) is 28.8. The van der Waals surface area contributed by atoms with Gasteiger partial charge in [0.15, 0.2) is 0 Å². The van der Waals surface area contributed by atoms with E-state index in [1.54, 1.807) is 0 Å². The summed E-state index contributed by atoms with van der Waals surface area (Å²) in [6.07, 6.45) is 1.04. The van der Waals surface area contributed by atoms with Crippen LogP contribution in [0.15, 0.2) is 4.52 Å². The third-order valence-electron chi connectivity index (χ3n) is 4.69. The van der Waals surface area contributed by atoms with Gasteiger partial charge in [-0.05, 0) is 44.3 Å². The second kappa shape index (κ2) is 4.86. The monoisotopic (exact) mass is 306 g/mol. The first kappa shape index (κ1) is 13.4. The third-order valence-corrected chi connectivity index (χ3v) is 5.54. The van der Waals surface area contributed by atoms with E-state index in [4.69, 9.17) is 14.2 Å². The minimum absolute atomic E-state index is 0.158. The number of rotatable bonds is 2. The first-order valence-corrected chi connectivity index (χ1v) is 8.04. The molecule has 0 spiro atoms. The van der Waals surface area contributed by atoms with E-state index in [2.05, 4.69) is 14.8 Å². The second-order valence-corrected chi connectivity index (χ2v) is 6.93. The van der Waals surface area contributed by atoms with Crippen LogP contribution in [0.1, 0.15) is 22.9 Å². The Morgan fingerprint density at radius 2 is 2.29 bits per heavy atom. The molecule has 0 aromatic carbocycles. The van der Waals surface area contributed by atoms with Crippen molar-refractivity contribution in [3.8, 4) is 11.4 Å². The number of fused-ring (bicyclic) bond motifs is 1. The van der Waals surface area contributed by atoms with E-state index in [1.165, 1.54) is 11.5 Å². The minimum atomic E-state index is -0.158. The van der Waals surface area contributed by atoms with Crippen molar-refractivity contribution in [2.45, 2.75) is 25.7 Å². The molecule has 2 atom stereocenters. The molecule has 2 aliphatic rings. The molecule has 0 unspecified atom stereocenters. The lowest BCUT2D eigenvalue weighted by molar-refractivity contribution is 0.00198. The molecule has 0 aliphatic carbocycles. The van der Waals surface area contributed by atoms with Gasteiger partial charge in [0.05, 0.1) is 23.3 Å². The second-order valence-electron chi connectivity index (χ2n) is 5.95. The number of hydrogen-bond acceptors (Lipinski definition) is 7. The van der Waals surface area contributed by atoms with Gasteiger partial charge in [-0.3, -0.25) is 0 Å². The largest absolute Gasteiger partial charge is 0.380 e. The summed E-state index contributed by atoms with van der Waals surface area (Å²) in [6.45, 7) is 7.35. The van der Waals surface area contributed by atoms with E-state index in [0.29, 0.717) is 24.2 Å². The Morgan fingerprint density at radius 1 is 1.38 bits per heavy atom. The summed E-state index contributed by atoms with van der Waals surface area (Å²) in [6, 6.07) is 0. The zero-order chi connectivity index (χ0) is 14.4. The highest BCUT2D eigenvalue weighted by Crippen LogP contribution is 2.40. The van der Waals surface area contributed by atoms with E-state index in [0.717, 1.165) is 42.3 Å². The van der Waals surface area contributed by atoms with Gasteiger partial charge in [-0.2, -0.15) is 9.36 Å².